The number of rotatable bonds is 3. The van der Waals surface area contributed by atoms with E-state index < -0.39 is 5.60 Å². The van der Waals surface area contributed by atoms with Crippen molar-refractivity contribution < 1.29 is 5.11 Å². The van der Waals surface area contributed by atoms with Gasteiger partial charge in [0.05, 0.1) is 11.8 Å². The second kappa shape index (κ2) is 3.85. The zero-order valence-corrected chi connectivity index (χ0v) is 10.4. The van der Waals surface area contributed by atoms with Crippen molar-refractivity contribution in [3.63, 3.8) is 0 Å². The Morgan fingerprint density at radius 1 is 1.44 bits per heavy atom. The minimum atomic E-state index is -0.459. The Kier molecular flexibility index (Phi) is 2.41. The Morgan fingerprint density at radius 2 is 2.22 bits per heavy atom. The molecule has 3 rings (SSSR count). The monoisotopic (exact) mass is 243 g/mol. The first-order chi connectivity index (χ1) is 8.57. The van der Waals surface area contributed by atoms with E-state index in [1.165, 1.54) is 0 Å². The van der Waals surface area contributed by atoms with Crippen molar-refractivity contribution in [2.75, 3.05) is 5.73 Å². The lowest BCUT2D eigenvalue weighted by molar-refractivity contribution is 0.151. The Morgan fingerprint density at radius 3 is 2.83 bits per heavy atom. The predicted molar refractivity (Wildman–Crippen MR) is 70.9 cm³/mol. The summed E-state index contributed by atoms with van der Waals surface area (Å²) >= 11 is 0. The minimum Gasteiger partial charge on any atom is -0.390 e. The van der Waals surface area contributed by atoms with Crippen LogP contribution in [-0.2, 0) is 13.5 Å². The van der Waals surface area contributed by atoms with E-state index in [2.05, 4.69) is 11.2 Å². The summed E-state index contributed by atoms with van der Waals surface area (Å²) in [6, 6.07) is 8.16. The highest BCUT2D eigenvalue weighted by Gasteiger charge is 2.40. The summed E-state index contributed by atoms with van der Waals surface area (Å²) < 4.78 is 1.66. The van der Waals surface area contributed by atoms with Crippen molar-refractivity contribution in [3.8, 4) is 11.1 Å². The normalized spacial score (nSPS) is 16.8. The summed E-state index contributed by atoms with van der Waals surface area (Å²) in [5.41, 5.74) is 8.67. The molecule has 1 aliphatic rings. The molecule has 1 aliphatic carbocycles. The van der Waals surface area contributed by atoms with E-state index >= 15 is 0 Å². The van der Waals surface area contributed by atoms with Crippen LogP contribution in [0.4, 0.5) is 5.82 Å². The molecule has 18 heavy (non-hydrogen) atoms. The second-order valence-corrected chi connectivity index (χ2v) is 5.17. The van der Waals surface area contributed by atoms with Crippen LogP contribution in [0.3, 0.4) is 0 Å². The molecule has 0 saturated heterocycles. The number of hydrogen-bond donors (Lipinski definition) is 2. The van der Waals surface area contributed by atoms with Crippen LogP contribution >= 0.6 is 0 Å². The second-order valence-electron chi connectivity index (χ2n) is 5.17. The van der Waals surface area contributed by atoms with Crippen molar-refractivity contribution in [2.24, 2.45) is 7.05 Å². The average molecular weight is 243 g/mol. The topological polar surface area (TPSA) is 64.1 Å². The summed E-state index contributed by atoms with van der Waals surface area (Å²) in [6.45, 7) is 0. The number of benzene rings is 1. The lowest BCUT2D eigenvalue weighted by Crippen LogP contribution is -2.10. The van der Waals surface area contributed by atoms with Gasteiger partial charge >= 0.3 is 0 Å². The van der Waals surface area contributed by atoms with Crippen LogP contribution in [0.15, 0.2) is 30.5 Å². The van der Waals surface area contributed by atoms with Crippen molar-refractivity contribution >= 4 is 5.82 Å². The Balaban J connectivity index is 1.93. The van der Waals surface area contributed by atoms with Gasteiger partial charge in [-0.15, -0.1) is 0 Å². The maximum atomic E-state index is 9.96. The van der Waals surface area contributed by atoms with Gasteiger partial charge < -0.3 is 10.8 Å². The number of anilines is 1. The molecule has 1 aromatic heterocycles. The van der Waals surface area contributed by atoms with Gasteiger partial charge in [-0.05, 0) is 24.0 Å². The molecular weight excluding hydrogens is 226 g/mol. The summed E-state index contributed by atoms with van der Waals surface area (Å²) in [6.07, 6.45) is 4.32. The zero-order valence-electron chi connectivity index (χ0n) is 10.4. The third-order valence-corrected chi connectivity index (χ3v) is 3.58. The van der Waals surface area contributed by atoms with Crippen LogP contribution < -0.4 is 5.73 Å². The van der Waals surface area contributed by atoms with Crippen LogP contribution in [0.25, 0.3) is 11.1 Å². The molecule has 1 aromatic carbocycles. The van der Waals surface area contributed by atoms with Crippen LogP contribution in [0.5, 0.6) is 0 Å². The fourth-order valence-electron chi connectivity index (χ4n) is 2.22. The Bertz CT molecular complexity index is 584. The molecule has 4 nitrogen and oxygen atoms in total. The van der Waals surface area contributed by atoms with E-state index in [9.17, 15) is 5.11 Å². The van der Waals surface area contributed by atoms with Gasteiger partial charge in [0.15, 0.2) is 0 Å². The van der Waals surface area contributed by atoms with Crippen molar-refractivity contribution in [3.05, 3.63) is 36.0 Å². The molecule has 0 bridgehead atoms. The lowest BCUT2D eigenvalue weighted by atomic mass is 10.0. The first-order valence-electron chi connectivity index (χ1n) is 6.17. The first-order valence-corrected chi connectivity index (χ1v) is 6.17. The average Bonchev–Trinajstić information content (AvgIpc) is 2.97. The molecule has 0 aliphatic heterocycles. The van der Waals surface area contributed by atoms with E-state index in [0.29, 0.717) is 5.82 Å². The molecule has 1 saturated carbocycles. The number of aliphatic hydroxyl groups is 1. The lowest BCUT2D eigenvalue weighted by Gasteiger charge is -2.09. The molecule has 4 heteroatoms. The third-order valence-electron chi connectivity index (χ3n) is 3.58. The SMILES string of the molecule is Cn1ncc(-c2cccc(CC3(O)CC3)c2)c1N. The maximum Gasteiger partial charge on any atom is 0.129 e. The molecule has 1 fully saturated rings. The number of aromatic nitrogens is 2. The Hall–Kier alpha value is -1.81. The van der Waals surface area contributed by atoms with Crippen LogP contribution in [0.2, 0.25) is 0 Å². The standard InChI is InChI=1S/C14H17N3O/c1-17-13(15)12(9-16-17)11-4-2-3-10(7-11)8-14(18)5-6-14/h2-4,7,9,18H,5-6,8,15H2,1H3. The predicted octanol–water partition coefficient (Wildman–Crippen LogP) is 1.74. The summed E-state index contributed by atoms with van der Waals surface area (Å²) in [4.78, 5) is 0. The van der Waals surface area contributed by atoms with Crippen LogP contribution in [0.1, 0.15) is 18.4 Å². The molecule has 1 heterocycles. The summed E-state index contributed by atoms with van der Waals surface area (Å²) in [5.74, 6) is 0.664. The van der Waals surface area contributed by atoms with E-state index in [1.807, 2.05) is 25.2 Å². The third kappa shape index (κ3) is 1.99. The van der Waals surface area contributed by atoms with Gasteiger partial charge in [0.1, 0.15) is 5.82 Å². The first kappa shape index (κ1) is 11.3. The van der Waals surface area contributed by atoms with E-state index in [0.717, 1.165) is 36.0 Å². The molecular formula is C14H17N3O. The van der Waals surface area contributed by atoms with Crippen molar-refractivity contribution in [2.45, 2.75) is 24.9 Å². The smallest absolute Gasteiger partial charge is 0.129 e. The largest absolute Gasteiger partial charge is 0.390 e. The van der Waals surface area contributed by atoms with E-state index in [-0.39, 0.29) is 0 Å². The van der Waals surface area contributed by atoms with Gasteiger partial charge in [-0.25, -0.2) is 0 Å². The molecule has 94 valence electrons. The number of aryl methyl sites for hydroxylation is 1. The van der Waals surface area contributed by atoms with Gasteiger partial charge in [-0.3, -0.25) is 4.68 Å². The Labute approximate surface area is 106 Å². The fourth-order valence-corrected chi connectivity index (χ4v) is 2.22. The van der Waals surface area contributed by atoms with E-state index in [4.69, 9.17) is 5.73 Å². The zero-order chi connectivity index (χ0) is 12.8. The minimum absolute atomic E-state index is 0.459. The number of nitrogens with two attached hydrogens (primary N) is 1. The van der Waals surface area contributed by atoms with Gasteiger partial charge in [-0.2, -0.15) is 5.10 Å². The van der Waals surface area contributed by atoms with Gasteiger partial charge in [-0.1, -0.05) is 24.3 Å². The molecule has 0 unspecified atom stereocenters. The van der Waals surface area contributed by atoms with Crippen molar-refractivity contribution in [1.29, 1.82) is 0 Å². The number of nitrogen functional groups attached to an aromatic ring is 1. The summed E-state index contributed by atoms with van der Waals surface area (Å²) in [5, 5.41) is 14.1. The van der Waals surface area contributed by atoms with E-state index in [1.54, 1.807) is 10.9 Å². The fraction of sp³-hybridized carbons (Fsp3) is 0.357. The maximum absolute atomic E-state index is 9.96. The molecule has 2 aromatic rings. The molecule has 0 radical (unpaired) electrons. The van der Waals surface area contributed by atoms with Gasteiger partial charge in [0.2, 0.25) is 0 Å². The van der Waals surface area contributed by atoms with Crippen LogP contribution in [-0.4, -0.2) is 20.5 Å². The summed E-state index contributed by atoms with van der Waals surface area (Å²) in [7, 11) is 1.83. The molecule has 0 amide bonds. The molecule has 3 N–H and O–H groups in total. The van der Waals surface area contributed by atoms with Gasteiger partial charge in [0, 0.05) is 19.0 Å². The highest BCUT2D eigenvalue weighted by Crippen LogP contribution is 2.38. The highest BCUT2D eigenvalue weighted by molar-refractivity contribution is 5.73. The molecule has 0 spiro atoms. The highest BCUT2D eigenvalue weighted by atomic mass is 16.3. The number of hydrogen-bond acceptors (Lipinski definition) is 3. The number of nitrogens with zero attached hydrogens (tertiary/aromatic N) is 2. The quantitative estimate of drug-likeness (QED) is 0.863. The van der Waals surface area contributed by atoms with Crippen molar-refractivity contribution in [1.82, 2.24) is 9.78 Å². The van der Waals surface area contributed by atoms with Crippen LogP contribution in [0, 0.1) is 0 Å². The molecule has 0 atom stereocenters. The van der Waals surface area contributed by atoms with Gasteiger partial charge in [0.25, 0.3) is 0 Å².